The van der Waals surface area contributed by atoms with Crippen molar-refractivity contribution in [3.8, 4) is 11.5 Å². The van der Waals surface area contributed by atoms with Crippen LogP contribution >= 0.6 is 0 Å². The third-order valence-corrected chi connectivity index (χ3v) is 5.33. The first-order valence-corrected chi connectivity index (χ1v) is 8.38. The second kappa shape index (κ2) is 6.57. The Labute approximate surface area is 149 Å². The fraction of sp³-hybridized carbons (Fsp3) is 0. The Morgan fingerprint density at radius 1 is 0.909 bits per heavy atom. The van der Waals surface area contributed by atoms with Crippen molar-refractivity contribution < 1.29 is 61.2 Å². The van der Waals surface area contributed by atoms with Crippen LogP contribution < -0.4 is 34.7 Å². The van der Waals surface area contributed by atoms with E-state index in [1.165, 1.54) is 12.1 Å². The van der Waals surface area contributed by atoms with Crippen LogP contribution in [0.1, 0.15) is 0 Å². The van der Waals surface area contributed by atoms with Gasteiger partial charge < -0.3 is 10.2 Å². The van der Waals surface area contributed by atoms with Crippen LogP contribution in [0.3, 0.4) is 0 Å². The van der Waals surface area contributed by atoms with Crippen LogP contribution in [0.2, 0.25) is 0 Å². The van der Waals surface area contributed by atoms with E-state index in [2.05, 4.69) is 0 Å². The molecule has 112 valence electrons. The maximum absolute atomic E-state index is 12.3. The molecule has 0 aliphatic rings. The van der Waals surface area contributed by atoms with Crippen LogP contribution in [0.25, 0.3) is 0 Å². The molecule has 10 heteroatoms. The summed E-state index contributed by atoms with van der Waals surface area (Å²) in [6.45, 7) is 0. The van der Waals surface area contributed by atoms with Crippen molar-refractivity contribution in [2.24, 2.45) is 0 Å². The average Bonchev–Trinajstić information content (AvgIpc) is 2.37. The number of sulfone groups is 1. The molecule has 0 atom stereocenters. The maximum Gasteiger partial charge on any atom is 1.00 e. The van der Waals surface area contributed by atoms with Gasteiger partial charge in [-0.3, -0.25) is 4.55 Å². The monoisotopic (exact) mass is 352 g/mol. The van der Waals surface area contributed by atoms with E-state index in [1.54, 1.807) is 0 Å². The van der Waals surface area contributed by atoms with Crippen molar-refractivity contribution in [1.82, 2.24) is 0 Å². The minimum Gasteiger partial charge on any atom is -0.872 e. The molecule has 0 aromatic heterocycles. The minimum atomic E-state index is -4.80. The van der Waals surface area contributed by atoms with Gasteiger partial charge >= 0.3 is 29.6 Å². The molecule has 0 amide bonds. The molecule has 2 N–H and O–H groups in total. The molecule has 0 bridgehead atoms. The number of aromatic hydroxyl groups is 1. The van der Waals surface area contributed by atoms with Crippen LogP contribution in [-0.2, 0) is 20.0 Å². The molecule has 0 aliphatic heterocycles. The molecule has 0 radical (unpaired) electrons. The predicted octanol–water partition coefficient (Wildman–Crippen LogP) is -2.45. The zero-order valence-corrected chi connectivity index (χ0v) is 14.9. The molecule has 2 aromatic carbocycles. The summed E-state index contributed by atoms with van der Waals surface area (Å²) >= 11 is 0. The van der Waals surface area contributed by atoms with Gasteiger partial charge in [-0.1, -0.05) is 23.9 Å². The zero-order valence-electron chi connectivity index (χ0n) is 11.3. The number of hydrogen-bond acceptors (Lipinski definition) is 6. The smallest absolute Gasteiger partial charge is 0.872 e. The second-order valence-electron chi connectivity index (χ2n) is 4.05. The van der Waals surface area contributed by atoms with Crippen LogP contribution in [0.15, 0.2) is 57.2 Å². The quantitative estimate of drug-likeness (QED) is 0.463. The van der Waals surface area contributed by atoms with Crippen molar-refractivity contribution >= 4 is 20.0 Å². The topological polar surface area (TPSA) is 132 Å². The third kappa shape index (κ3) is 3.62. The summed E-state index contributed by atoms with van der Waals surface area (Å²) in [5.74, 6) is -1.55. The van der Waals surface area contributed by atoms with Gasteiger partial charge in [-0.25, -0.2) is 8.42 Å². The Hall–Kier alpha value is -1.10. The molecule has 0 heterocycles. The Morgan fingerprint density at radius 2 is 1.50 bits per heavy atom. The van der Waals surface area contributed by atoms with Gasteiger partial charge in [0.05, 0.1) is 9.79 Å². The maximum atomic E-state index is 12.3. The standard InChI is InChI=1S/C12H10O7S2.Na/c13-9-3-1-2-4-11(9)20(15,16)8-5-6-10(14)12(7-8)21(17,18)19;/h1-7,13-14H,(H,17,18,19);/q;+1/p-1. The van der Waals surface area contributed by atoms with E-state index >= 15 is 0 Å². The number of hydrogen-bond donors (Lipinski definition) is 2. The molecule has 7 nitrogen and oxygen atoms in total. The summed E-state index contributed by atoms with van der Waals surface area (Å²) in [6, 6.07) is 7.18. The Bertz CT molecular complexity index is 905. The summed E-state index contributed by atoms with van der Waals surface area (Å²) in [4.78, 5) is -2.01. The first-order valence-electron chi connectivity index (χ1n) is 5.45. The van der Waals surface area contributed by atoms with E-state index < -0.39 is 46.1 Å². The number of para-hydroxylation sites is 1. The van der Waals surface area contributed by atoms with Gasteiger partial charge in [0.25, 0.3) is 10.1 Å². The Kier molecular flexibility index (Phi) is 5.66. The van der Waals surface area contributed by atoms with Crippen molar-refractivity contribution in [1.29, 1.82) is 0 Å². The molecule has 2 aromatic rings. The minimum absolute atomic E-state index is 0. The number of phenolic OH excluding ortho intramolecular Hbond substituents is 1. The molecule has 0 aliphatic carbocycles. The first-order chi connectivity index (χ1) is 9.64. The molecule has 0 fully saturated rings. The van der Waals surface area contributed by atoms with E-state index in [9.17, 15) is 27.0 Å². The van der Waals surface area contributed by atoms with Crippen molar-refractivity contribution in [2.75, 3.05) is 0 Å². The van der Waals surface area contributed by atoms with Crippen molar-refractivity contribution in [3.63, 3.8) is 0 Å². The van der Waals surface area contributed by atoms with Gasteiger partial charge in [-0.05, 0) is 24.3 Å². The average molecular weight is 352 g/mol. The third-order valence-electron chi connectivity index (χ3n) is 2.66. The van der Waals surface area contributed by atoms with Gasteiger partial charge in [-0.2, -0.15) is 8.42 Å². The Morgan fingerprint density at radius 3 is 2.05 bits per heavy atom. The molecular formula is C12H9NaO7S2. The summed E-state index contributed by atoms with van der Waals surface area (Å²) in [5, 5.41) is 21.0. The van der Waals surface area contributed by atoms with Gasteiger partial charge in [0, 0.05) is 0 Å². The predicted molar refractivity (Wildman–Crippen MR) is 69.3 cm³/mol. The molecule has 0 spiro atoms. The van der Waals surface area contributed by atoms with E-state index in [-0.39, 0.29) is 29.6 Å². The normalized spacial score (nSPS) is 11.7. The van der Waals surface area contributed by atoms with E-state index in [0.29, 0.717) is 6.07 Å². The number of phenols is 1. The fourth-order valence-electron chi connectivity index (χ4n) is 1.67. The first kappa shape index (κ1) is 18.9. The second-order valence-corrected chi connectivity index (χ2v) is 7.36. The SMILES string of the molecule is O=S(=O)(O)c1cc(S(=O)(=O)c2ccccc2[O-])ccc1O.[Na+]. The van der Waals surface area contributed by atoms with E-state index in [0.717, 1.165) is 24.3 Å². The largest absolute Gasteiger partial charge is 1.00 e. The molecule has 0 saturated heterocycles. The molecule has 0 saturated carbocycles. The number of rotatable bonds is 3. The van der Waals surface area contributed by atoms with Crippen LogP contribution in [0.5, 0.6) is 11.5 Å². The van der Waals surface area contributed by atoms with E-state index in [1.807, 2.05) is 0 Å². The van der Waals surface area contributed by atoms with Crippen molar-refractivity contribution in [2.45, 2.75) is 14.7 Å². The molecular weight excluding hydrogens is 343 g/mol. The molecule has 22 heavy (non-hydrogen) atoms. The van der Waals surface area contributed by atoms with Gasteiger partial charge in [0.1, 0.15) is 10.6 Å². The van der Waals surface area contributed by atoms with E-state index in [4.69, 9.17) is 4.55 Å². The van der Waals surface area contributed by atoms with Crippen LogP contribution in [-0.4, -0.2) is 26.5 Å². The summed E-state index contributed by atoms with van der Waals surface area (Å²) in [7, 11) is -9.07. The Balaban J connectivity index is 0.00000242. The number of benzene rings is 2. The van der Waals surface area contributed by atoms with Gasteiger partial charge in [0.2, 0.25) is 9.84 Å². The molecule has 2 rings (SSSR count). The summed E-state index contributed by atoms with van der Waals surface area (Å²) < 4.78 is 55.7. The van der Waals surface area contributed by atoms with Crippen LogP contribution in [0.4, 0.5) is 0 Å². The van der Waals surface area contributed by atoms with Crippen molar-refractivity contribution in [3.05, 3.63) is 42.5 Å². The van der Waals surface area contributed by atoms with Gasteiger partial charge in [-0.15, -0.1) is 0 Å². The molecule has 0 unspecified atom stereocenters. The zero-order chi connectivity index (χ0) is 15.8. The van der Waals surface area contributed by atoms with Crippen LogP contribution in [0, 0.1) is 0 Å². The summed E-state index contributed by atoms with van der Waals surface area (Å²) in [6.07, 6.45) is 0. The summed E-state index contributed by atoms with van der Waals surface area (Å²) in [5.41, 5.74) is 0. The fourth-order valence-corrected chi connectivity index (χ4v) is 3.71. The van der Waals surface area contributed by atoms with Gasteiger partial charge in [0.15, 0.2) is 0 Å².